The number of nitrogens with zero attached hydrogens (tertiary/aromatic N) is 1. The minimum atomic E-state index is -4.65. The summed E-state index contributed by atoms with van der Waals surface area (Å²) in [7, 11) is 0. The molecule has 2 amide bonds. The van der Waals surface area contributed by atoms with Crippen molar-refractivity contribution in [1.82, 2.24) is 0 Å². The predicted octanol–water partition coefficient (Wildman–Crippen LogP) is 1.95. The van der Waals surface area contributed by atoms with E-state index in [-0.39, 0.29) is 17.9 Å². The Morgan fingerprint density at radius 3 is 2.17 bits per heavy atom. The predicted molar refractivity (Wildman–Crippen MR) is 73.2 cm³/mol. The average molecular weight is 326 g/mol. The van der Waals surface area contributed by atoms with E-state index in [1.807, 2.05) is 0 Å². The normalized spacial score (nSPS) is 32.7. The van der Waals surface area contributed by atoms with E-state index in [1.165, 1.54) is 6.07 Å². The van der Waals surface area contributed by atoms with Crippen LogP contribution in [0.2, 0.25) is 0 Å². The van der Waals surface area contributed by atoms with Crippen LogP contribution in [0.4, 0.5) is 24.5 Å². The van der Waals surface area contributed by atoms with E-state index in [4.69, 9.17) is 10.5 Å². The van der Waals surface area contributed by atoms with Crippen LogP contribution in [0.15, 0.2) is 18.2 Å². The van der Waals surface area contributed by atoms with E-state index in [1.54, 1.807) is 0 Å². The average Bonchev–Trinajstić information content (AvgIpc) is 3.13. The van der Waals surface area contributed by atoms with Gasteiger partial charge in [-0.2, -0.15) is 13.2 Å². The molecule has 3 aliphatic rings. The first-order valence-electron chi connectivity index (χ1n) is 7.29. The number of nitrogens with two attached hydrogens (primary N) is 1. The van der Waals surface area contributed by atoms with Crippen molar-refractivity contribution in [3.8, 4) is 0 Å². The lowest BCUT2D eigenvalue weighted by atomic mass is 9.81. The second-order valence-corrected chi connectivity index (χ2v) is 6.12. The van der Waals surface area contributed by atoms with Crippen LogP contribution < -0.4 is 10.6 Å². The summed E-state index contributed by atoms with van der Waals surface area (Å²) in [5, 5.41) is 0. The summed E-state index contributed by atoms with van der Waals surface area (Å²) in [6.07, 6.45) is -3.85. The van der Waals surface area contributed by atoms with Crippen LogP contribution in [0.25, 0.3) is 0 Å². The summed E-state index contributed by atoms with van der Waals surface area (Å²) in [4.78, 5) is 26.0. The zero-order valence-corrected chi connectivity index (χ0v) is 11.8. The first kappa shape index (κ1) is 14.5. The van der Waals surface area contributed by atoms with Crippen LogP contribution >= 0.6 is 0 Å². The van der Waals surface area contributed by atoms with Gasteiger partial charge >= 0.3 is 6.18 Å². The quantitative estimate of drug-likeness (QED) is 0.632. The topological polar surface area (TPSA) is 72.6 Å². The lowest BCUT2D eigenvalue weighted by Crippen LogP contribution is -2.34. The Bertz CT molecular complexity index is 690. The van der Waals surface area contributed by atoms with E-state index < -0.39 is 41.1 Å². The maximum atomic E-state index is 13.0. The van der Waals surface area contributed by atoms with Crippen LogP contribution in [-0.4, -0.2) is 24.0 Å². The standard InChI is InChI=1S/C15H13F3N2O3/c16-15(17,18)7-5-6(1-2-8(7)19)20-13(21)11-9-3-4-10(23-9)12(11)14(20)22/h1-2,5,9-12H,3-4,19H2. The van der Waals surface area contributed by atoms with Gasteiger partial charge in [-0.05, 0) is 31.0 Å². The fraction of sp³-hybridized carbons (Fsp3) is 0.467. The van der Waals surface area contributed by atoms with Gasteiger partial charge < -0.3 is 10.5 Å². The molecule has 0 radical (unpaired) electrons. The zero-order valence-electron chi connectivity index (χ0n) is 11.8. The van der Waals surface area contributed by atoms with Gasteiger partial charge in [0.05, 0.1) is 35.3 Å². The minimum Gasteiger partial charge on any atom is -0.398 e. The van der Waals surface area contributed by atoms with Crippen LogP contribution in [0.1, 0.15) is 18.4 Å². The molecule has 1 aromatic rings. The van der Waals surface area contributed by atoms with Crippen LogP contribution in [-0.2, 0) is 20.5 Å². The molecular formula is C15H13F3N2O3. The molecule has 0 saturated carbocycles. The minimum absolute atomic E-state index is 0.0877. The second kappa shape index (κ2) is 4.47. The Kier molecular flexibility index (Phi) is 2.82. The smallest absolute Gasteiger partial charge is 0.398 e. The van der Waals surface area contributed by atoms with Gasteiger partial charge in [-0.1, -0.05) is 0 Å². The molecule has 8 heteroatoms. The number of nitrogen functional groups attached to an aromatic ring is 1. The Morgan fingerprint density at radius 2 is 1.65 bits per heavy atom. The van der Waals surface area contributed by atoms with Crippen molar-refractivity contribution in [2.75, 3.05) is 10.6 Å². The number of carbonyl (C=O) groups excluding carboxylic acids is 2. The number of carbonyl (C=O) groups is 2. The van der Waals surface area contributed by atoms with Gasteiger partial charge in [0.25, 0.3) is 0 Å². The van der Waals surface area contributed by atoms with Gasteiger partial charge in [0.15, 0.2) is 0 Å². The van der Waals surface area contributed by atoms with Gasteiger partial charge in [0.1, 0.15) is 0 Å². The molecule has 0 spiro atoms. The lowest BCUT2D eigenvalue weighted by Gasteiger charge is -2.19. The highest BCUT2D eigenvalue weighted by molar-refractivity contribution is 6.22. The SMILES string of the molecule is Nc1ccc(N2C(=O)C3C4CCC(O4)C3C2=O)cc1C(F)(F)F. The molecule has 4 atom stereocenters. The summed E-state index contributed by atoms with van der Waals surface area (Å²) in [6, 6.07) is 3.09. The number of rotatable bonds is 1. The second-order valence-electron chi connectivity index (χ2n) is 6.12. The van der Waals surface area contributed by atoms with Crippen molar-refractivity contribution in [3.63, 3.8) is 0 Å². The Morgan fingerprint density at radius 1 is 1.09 bits per heavy atom. The number of anilines is 2. The molecule has 4 unspecified atom stereocenters. The molecule has 5 nitrogen and oxygen atoms in total. The number of halogens is 3. The molecule has 4 rings (SSSR count). The highest BCUT2D eigenvalue weighted by Crippen LogP contribution is 2.49. The van der Waals surface area contributed by atoms with Crippen LogP contribution in [0.3, 0.4) is 0 Å². The van der Waals surface area contributed by atoms with Gasteiger partial charge in [-0.3, -0.25) is 9.59 Å². The molecule has 2 N–H and O–H groups in total. The van der Waals surface area contributed by atoms with Crippen molar-refractivity contribution in [2.45, 2.75) is 31.2 Å². The summed E-state index contributed by atoms with van der Waals surface area (Å²) in [5.74, 6) is -2.11. The summed E-state index contributed by atoms with van der Waals surface area (Å²) >= 11 is 0. The van der Waals surface area contributed by atoms with Crippen molar-refractivity contribution in [2.24, 2.45) is 11.8 Å². The third kappa shape index (κ3) is 1.90. The number of ether oxygens (including phenoxy) is 1. The molecule has 3 heterocycles. The van der Waals surface area contributed by atoms with Gasteiger partial charge in [0.2, 0.25) is 11.8 Å². The molecule has 3 aliphatic heterocycles. The highest BCUT2D eigenvalue weighted by Gasteiger charge is 2.62. The highest BCUT2D eigenvalue weighted by atomic mass is 19.4. The molecule has 2 bridgehead atoms. The first-order chi connectivity index (χ1) is 10.8. The Balaban J connectivity index is 1.74. The van der Waals surface area contributed by atoms with Gasteiger partial charge in [-0.15, -0.1) is 0 Å². The number of hydrogen-bond acceptors (Lipinski definition) is 4. The van der Waals surface area contributed by atoms with Crippen LogP contribution in [0.5, 0.6) is 0 Å². The molecule has 1 aromatic carbocycles. The van der Waals surface area contributed by atoms with Gasteiger partial charge in [-0.25, -0.2) is 4.90 Å². The Hall–Kier alpha value is -2.09. The first-order valence-corrected chi connectivity index (χ1v) is 7.29. The van der Waals surface area contributed by atoms with E-state index >= 15 is 0 Å². The number of hydrogen-bond donors (Lipinski definition) is 1. The maximum absolute atomic E-state index is 13.0. The lowest BCUT2D eigenvalue weighted by molar-refractivity contribution is -0.137. The van der Waals surface area contributed by atoms with E-state index in [9.17, 15) is 22.8 Å². The zero-order chi connectivity index (χ0) is 16.5. The molecule has 0 aliphatic carbocycles. The number of benzene rings is 1. The van der Waals surface area contributed by atoms with Crippen molar-refractivity contribution >= 4 is 23.2 Å². The fourth-order valence-corrected chi connectivity index (χ4v) is 3.90. The molecule has 3 saturated heterocycles. The molecule has 3 fully saturated rings. The van der Waals surface area contributed by atoms with Crippen molar-refractivity contribution < 1.29 is 27.5 Å². The number of alkyl halides is 3. The number of imide groups is 1. The summed E-state index contributed by atoms with van der Waals surface area (Å²) in [5.41, 5.74) is 3.78. The summed E-state index contributed by atoms with van der Waals surface area (Å²) in [6.45, 7) is 0. The van der Waals surface area contributed by atoms with E-state index in [0.29, 0.717) is 12.8 Å². The molecule has 23 heavy (non-hydrogen) atoms. The van der Waals surface area contributed by atoms with Crippen molar-refractivity contribution in [3.05, 3.63) is 23.8 Å². The van der Waals surface area contributed by atoms with E-state index in [0.717, 1.165) is 17.0 Å². The molecule has 0 aromatic heterocycles. The third-order valence-corrected chi connectivity index (χ3v) is 4.88. The van der Waals surface area contributed by atoms with Crippen molar-refractivity contribution in [1.29, 1.82) is 0 Å². The number of amides is 2. The largest absolute Gasteiger partial charge is 0.418 e. The van der Waals surface area contributed by atoms with Gasteiger partial charge in [0, 0.05) is 5.69 Å². The van der Waals surface area contributed by atoms with E-state index in [2.05, 4.69) is 0 Å². The fourth-order valence-electron chi connectivity index (χ4n) is 3.90. The van der Waals surface area contributed by atoms with Crippen LogP contribution in [0, 0.1) is 11.8 Å². The number of fused-ring (bicyclic) bond motifs is 5. The summed E-state index contributed by atoms with van der Waals surface area (Å²) < 4.78 is 44.6. The molecular weight excluding hydrogens is 313 g/mol. The maximum Gasteiger partial charge on any atom is 0.418 e. The molecule has 122 valence electrons. The monoisotopic (exact) mass is 326 g/mol. The third-order valence-electron chi connectivity index (χ3n) is 4.88. The Labute approximate surface area is 129 Å².